The summed E-state index contributed by atoms with van der Waals surface area (Å²) in [6.45, 7) is 5.77. The van der Waals surface area contributed by atoms with E-state index in [1.807, 2.05) is 6.07 Å². The third-order valence-electron chi connectivity index (χ3n) is 4.93. The van der Waals surface area contributed by atoms with Crippen molar-refractivity contribution in [3.63, 3.8) is 0 Å². The summed E-state index contributed by atoms with van der Waals surface area (Å²) in [5.41, 5.74) is 0. The summed E-state index contributed by atoms with van der Waals surface area (Å²) >= 11 is 7.85. The lowest BCUT2D eigenvalue weighted by atomic mass is 9.95. The van der Waals surface area contributed by atoms with Gasteiger partial charge in [0.15, 0.2) is 0 Å². The first-order valence-corrected chi connectivity index (χ1v) is 9.14. The molecule has 1 aromatic heterocycles. The van der Waals surface area contributed by atoms with Crippen LogP contribution in [0.15, 0.2) is 12.1 Å². The van der Waals surface area contributed by atoms with E-state index in [0.29, 0.717) is 6.04 Å². The first kappa shape index (κ1) is 14.8. The van der Waals surface area contributed by atoms with Crippen LogP contribution in [0.3, 0.4) is 0 Å². The smallest absolute Gasteiger partial charge is 0.0931 e. The Morgan fingerprint density at radius 3 is 2.60 bits per heavy atom. The Labute approximate surface area is 131 Å². The number of halogens is 1. The predicted octanol–water partition coefficient (Wildman–Crippen LogP) is 4.46. The van der Waals surface area contributed by atoms with Gasteiger partial charge in [0.05, 0.1) is 4.34 Å². The molecule has 0 amide bonds. The van der Waals surface area contributed by atoms with Crippen molar-refractivity contribution in [1.29, 1.82) is 0 Å². The molecule has 2 aliphatic rings. The zero-order valence-electron chi connectivity index (χ0n) is 12.4. The number of thiophene rings is 1. The second-order valence-corrected chi connectivity index (χ2v) is 8.02. The predicted molar refractivity (Wildman–Crippen MR) is 87.7 cm³/mol. The van der Waals surface area contributed by atoms with Gasteiger partial charge in [-0.1, -0.05) is 18.5 Å². The van der Waals surface area contributed by atoms with Gasteiger partial charge in [0, 0.05) is 29.0 Å². The van der Waals surface area contributed by atoms with E-state index < -0.39 is 0 Å². The minimum Gasteiger partial charge on any atom is -0.314 e. The van der Waals surface area contributed by atoms with E-state index in [4.69, 9.17) is 11.6 Å². The molecule has 1 aromatic rings. The molecule has 2 fully saturated rings. The second kappa shape index (κ2) is 6.35. The zero-order valence-corrected chi connectivity index (χ0v) is 14.0. The van der Waals surface area contributed by atoms with Crippen LogP contribution >= 0.6 is 22.9 Å². The lowest BCUT2D eigenvalue weighted by Crippen LogP contribution is -2.49. The van der Waals surface area contributed by atoms with Crippen LogP contribution < -0.4 is 5.32 Å². The first-order chi connectivity index (χ1) is 9.69. The van der Waals surface area contributed by atoms with E-state index >= 15 is 0 Å². The number of fused-ring (bicyclic) bond motifs is 2. The fourth-order valence-corrected chi connectivity index (χ4v) is 5.18. The van der Waals surface area contributed by atoms with Gasteiger partial charge in [0.2, 0.25) is 0 Å². The van der Waals surface area contributed by atoms with Gasteiger partial charge in [-0.05, 0) is 57.7 Å². The van der Waals surface area contributed by atoms with Crippen molar-refractivity contribution in [3.8, 4) is 0 Å². The lowest BCUT2D eigenvalue weighted by molar-refractivity contribution is 0.0786. The molecule has 0 spiro atoms. The maximum atomic E-state index is 6.10. The SMILES string of the molecule is CCCNC1CC2CCC(C1)N2C(C)c1ccc(Cl)s1. The Kier molecular flexibility index (Phi) is 4.71. The Morgan fingerprint density at radius 1 is 1.35 bits per heavy atom. The normalized spacial score (nSPS) is 31.6. The molecule has 0 saturated carbocycles. The van der Waals surface area contributed by atoms with E-state index in [9.17, 15) is 0 Å². The quantitative estimate of drug-likeness (QED) is 0.863. The molecule has 3 heterocycles. The fraction of sp³-hybridized carbons (Fsp3) is 0.750. The maximum absolute atomic E-state index is 6.10. The number of piperidine rings is 1. The van der Waals surface area contributed by atoms with Crippen molar-refractivity contribution in [2.24, 2.45) is 0 Å². The summed E-state index contributed by atoms with van der Waals surface area (Å²) in [7, 11) is 0. The Hall–Kier alpha value is -0.0900. The molecule has 112 valence electrons. The summed E-state index contributed by atoms with van der Waals surface area (Å²) in [6, 6.07) is 7.03. The molecule has 0 aromatic carbocycles. The monoisotopic (exact) mass is 312 g/mol. The minimum absolute atomic E-state index is 0.525. The van der Waals surface area contributed by atoms with Crippen LogP contribution in [-0.2, 0) is 0 Å². The second-order valence-electron chi connectivity index (χ2n) is 6.27. The van der Waals surface area contributed by atoms with Crippen LogP contribution in [-0.4, -0.2) is 29.6 Å². The summed E-state index contributed by atoms with van der Waals surface area (Å²) < 4.78 is 0.915. The Balaban J connectivity index is 1.67. The van der Waals surface area contributed by atoms with Gasteiger partial charge in [0.25, 0.3) is 0 Å². The number of rotatable bonds is 5. The molecular formula is C16H25ClN2S. The molecule has 3 unspecified atom stereocenters. The van der Waals surface area contributed by atoms with Gasteiger partial charge >= 0.3 is 0 Å². The van der Waals surface area contributed by atoms with Gasteiger partial charge in [-0.25, -0.2) is 0 Å². The number of nitrogens with one attached hydrogen (secondary N) is 1. The lowest BCUT2D eigenvalue weighted by Gasteiger charge is -2.42. The van der Waals surface area contributed by atoms with Crippen LogP contribution in [0.1, 0.15) is 56.9 Å². The van der Waals surface area contributed by atoms with E-state index in [1.165, 1.54) is 43.5 Å². The molecule has 0 radical (unpaired) electrons. The third-order valence-corrected chi connectivity index (χ3v) is 6.33. The molecule has 1 N–H and O–H groups in total. The highest BCUT2D eigenvalue weighted by molar-refractivity contribution is 7.16. The topological polar surface area (TPSA) is 15.3 Å². The van der Waals surface area contributed by atoms with Crippen LogP contribution in [0, 0.1) is 0 Å². The molecule has 20 heavy (non-hydrogen) atoms. The van der Waals surface area contributed by atoms with Crippen molar-refractivity contribution in [2.75, 3.05) is 6.54 Å². The highest BCUT2D eigenvalue weighted by Gasteiger charge is 2.43. The molecule has 4 heteroatoms. The molecule has 2 nitrogen and oxygen atoms in total. The van der Waals surface area contributed by atoms with E-state index in [0.717, 1.165) is 22.5 Å². The molecule has 0 aliphatic carbocycles. The van der Waals surface area contributed by atoms with E-state index in [2.05, 4.69) is 30.1 Å². The van der Waals surface area contributed by atoms with Crippen molar-refractivity contribution in [2.45, 2.75) is 70.1 Å². The maximum Gasteiger partial charge on any atom is 0.0931 e. The number of nitrogens with zero attached hydrogens (tertiary/aromatic N) is 1. The summed E-state index contributed by atoms with van der Waals surface area (Å²) in [6.07, 6.45) is 6.62. The van der Waals surface area contributed by atoms with Crippen LogP contribution in [0.4, 0.5) is 0 Å². The van der Waals surface area contributed by atoms with Crippen molar-refractivity contribution in [3.05, 3.63) is 21.3 Å². The summed E-state index contributed by atoms with van der Waals surface area (Å²) in [5.74, 6) is 0. The summed E-state index contributed by atoms with van der Waals surface area (Å²) in [5, 5.41) is 3.73. The first-order valence-electron chi connectivity index (χ1n) is 7.95. The van der Waals surface area contributed by atoms with Gasteiger partial charge in [0.1, 0.15) is 0 Å². The van der Waals surface area contributed by atoms with Crippen molar-refractivity contribution < 1.29 is 0 Å². The average Bonchev–Trinajstić information content (AvgIpc) is 2.98. The average molecular weight is 313 g/mol. The molecule has 3 rings (SSSR count). The zero-order chi connectivity index (χ0) is 14.1. The van der Waals surface area contributed by atoms with Crippen molar-refractivity contribution >= 4 is 22.9 Å². The largest absolute Gasteiger partial charge is 0.314 e. The van der Waals surface area contributed by atoms with Gasteiger partial charge in [-0.15, -0.1) is 11.3 Å². The Bertz CT molecular complexity index is 433. The third kappa shape index (κ3) is 2.92. The highest BCUT2D eigenvalue weighted by Crippen LogP contribution is 2.43. The molecule has 2 bridgehead atoms. The van der Waals surface area contributed by atoms with Crippen LogP contribution in [0.2, 0.25) is 4.34 Å². The van der Waals surface area contributed by atoms with E-state index in [1.54, 1.807) is 11.3 Å². The standard InChI is InChI=1S/C16H25ClN2S/c1-3-8-18-12-9-13-4-5-14(10-12)19(13)11(2)15-6-7-16(17)20-15/h6-7,11-14,18H,3-5,8-10H2,1-2H3. The summed E-state index contributed by atoms with van der Waals surface area (Å²) in [4.78, 5) is 4.19. The van der Waals surface area contributed by atoms with Crippen LogP contribution in [0.25, 0.3) is 0 Å². The number of hydrogen-bond donors (Lipinski definition) is 1. The van der Waals surface area contributed by atoms with Crippen LogP contribution in [0.5, 0.6) is 0 Å². The van der Waals surface area contributed by atoms with Crippen molar-refractivity contribution in [1.82, 2.24) is 10.2 Å². The van der Waals surface area contributed by atoms with Gasteiger partial charge < -0.3 is 5.32 Å². The van der Waals surface area contributed by atoms with Gasteiger partial charge in [-0.3, -0.25) is 4.90 Å². The van der Waals surface area contributed by atoms with E-state index in [-0.39, 0.29) is 0 Å². The number of hydrogen-bond acceptors (Lipinski definition) is 3. The Morgan fingerprint density at radius 2 is 2.05 bits per heavy atom. The molecule has 2 saturated heterocycles. The molecular weight excluding hydrogens is 288 g/mol. The molecule has 2 aliphatic heterocycles. The van der Waals surface area contributed by atoms with Gasteiger partial charge in [-0.2, -0.15) is 0 Å². The highest BCUT2D eigenvalue weighted by atomic mass is 35.5. The molecule has 3 atom stereocenters. The fourth-order valence-electron chi connectivity index (χ4n) is 4.06. The minimum atomic E-state index is 0.525.